The number of pyridine rings is 1. The molecule has 2 rings (SSSR count). The number of halogens is 1. The topological polar surface area (TPSA) is 30.7 Å². The maximum Gasteiger partial charge on any atom is 0.212 e. The van der Waals surface area contributed by atoms with E-state index < -0.39 is 5.95 Å². The van der Waals surface area contributed by atoms with Crippen molar-refractivity contribution in [2.24, 2.45) is 7.05 Å². The minimum Gasteiger partial charge on any atom is -0.275 e. The van der Waals surface area contributed by atoms with Crippen LogP contribution >= 0.6 is 0 Å². The second-order valence-corrected chi connectivity index (χ2v) is 2.74. The first kappa shape index (κ1) is 7.91. The van der Waals surface area contributed by atoms with Crippen LogP contribution in [0.3, 0.4) is 0 Å². The summed E-state index contributed by atoms with van der Waals surface area (Å²) in [6, 6.07) is 4.84. The minimum absolute atomic E-state index is 0.473. The zero-order valence-electron chi connectivity index (χ0n) is 7.11. The van der Waals surface area contributed by atoms with Crippen LogP contribution in [-0.4, -0.2) is 14.8 Å². The molecule has 0 spiro atoms. The first-order valence-corrected chi connectivity index (χ1v) is 3.87. The Bertz CT molecular complexity index is 405. The number of nitrogens with zero attached hydrogens (tertiary/aromatic N) is 3. The van der Waals surface area contributed by atoms with Gasteiger partial charge in [-0.1, -0.05) is 0 Å². The lowest BCUT2D eigenvalue weighted by molar-refractivity contribution is 0.584. The summed E-state index contributed by atoms with van der Waals surface area (Å²) in [5.74, 6) is -0.473. The number of aryl methyl sites for hydroxylation is 1. The van der Waals surface area contributed by atoms with E-state index in [1.807, 2.05) is 19.3 Å². The molecule has 66 valence electrons. The Kier molecular flexibility index (Phi) is 1.81. The van der Waals surface area contributed by atoms with E-state index >= 15 is 0 Å². The Balaban J connectivity index is 2.41. The summed E-state index contributed by atoms with van der Waals surface area (Å²) in [6.07, 6.45) is 3.30. The normalized spacial score (nSPS) is 10.3. The summed E-state index contributed by atoms with van der Waals surface area (Å²) in [6.45, 7) is 0. The molecule has 0 saturated heterocycles. The maximum absolute atomic E-state index is 12.5. The van der Waals surface area contributed by atoms with Gasteiger partial charge in [0.05, 0.1) is 5.69 Å². The second-order valence-electron chi connectivity index (χ2n) is 2.74. The van der Waals surface area contributed by atoms with E-state index in [0.717, 1.165) is 11.3 Å². The Labute approximate surface area is 74.8 Å². The van der Waals surface area contributed by atoms with Gasteiger partial charge in [0.2, 0.25) is 5.95 Å². The van der Waals surface area contributed by atoms with Crippen molar-refractivity contribution in [2.45, 2.75) is 0 Å². The van der Waals surface area contributed by atoms with Crippen LogP contribution in [0.1, 0.15) is 0 Å². The van der Waals surface area contributed by atoms with Crippen molar-refractivity contribution in [3.8, 4) is 11.3 Å². The standard InChI is InChI=1S/C9H8FN3/c1-13-5-4-8(12-13)7-2-3-9(10)11-6-7/h2-6H,1H3. The lowest BCUT2D eigenvalue weighted by Crippen LogP contribution is -1.88. The fraction of sp³-hybridized carbons (Fsp3) is 0.111. The first-order chi connectivity index (χ1) is 6.25. The third-order valence-corrected chi connectivity index (χ3v) is 1.74. The molecule has 2 heterocycles. The molecular weight excluding hydrogens is 169 g/mol. The van der Waals surface area contributed by atoms with Crippen molar-refractivity contribution in [1.29, 1.82) is 0 Å². The fourth-order valence-corrected chi connectivity index (χ4v) is 1.10. The van der Waals surface area contributed by atoms with Gasteiger partial charge >= 0.3 is 0 Å². The molecule has 13 heavy (non-hydrogen) atoms. The Morgan fingerprint density at radius 2 is 2.15 bits per heavy atom. The predicted octanol–water partition coefficient (Wildman–Crippen LogP) is 1.62. The quantitative estimate of drug-likeness (QED) is 0.620. The van der Waals surface area contributed by atoms with Crippen molar-refractivity contribution >= 4 is 0 Å². The van der Waals surface area contributed by atoms with Gasteiger partial charge in [-0.05, 0) is 18.2 Å². The van der Waals surface area contributed by atoms with Crippen LogP contribution in [0, 0.1) is 5.95 Å². The van der Waals surface area contributed by atoms with Gasteiger partial charge in [0, 0.05) is 25.0 Å². The highest BCUT2D eigenvalue weighted by molar-refractivity contribution is 5.56. The third-order valence-electron chi connectivity index (χ3n) is 1.74. The molecule has 0 aliphatic carbocycles. The van der Waals surface area contributed by atoms with Gasteiger partial charge in [-0.25, -0.2) is 4.98 Å². The highest BCUT2D eigenvalue weighted by Crippen LogP contribution is 2.14. The van der Waals surface area contributed by atoms with Gasteiger partial charge in [-0.2, -0.15) is 9.49 Å². The molecule has 0 radical (unpaired) electrons. The van der Waals surface area contributed by atoms with Gasteiger partial charge in [-0.3, -0.25) is 4.68 Å². The average Bonchev–Trinajstić information content (AvgIpc) is 2.53. The molecule has 0 N–H and O–H groups in total. The highest BCUT2D eigenvalue weighted by atomic mass is 19.1. The first-order valence-electron chi connectivity index (χ1n) is 3.87. The fourth-order valence-electron chi connectivity index (χ4n) is 1.10. The lowest BCUT2D eigenvalue weighted by atomic mass is 10.2. The summed E-state index contributed by atoms with van der Waals surface area (Å²) >= 11 is 0. The molecule has 0 saturated carbocycles. The number of hydrogen-bond donors (Lipinski definition) is 0. The third kappa shape index (κ3) is 1.56. The SMILES string of the molecule is Cn1ccc(-c2ccc(F)nc2)n1. The molecule has 4 heteroatoms. The largest absolute Gasteiger partial charge is 0.275 e. The van der Waals surface area contributed by atoms with Crippen LogP contribution in [0.25, 0.3) is 11.3 Å². The molecule has 3 nitrogen and oxygen atoms in total. The molecule has 0 fully saturated rings. The average molecular weight is 177 g/mol. The monoisotopic (exact) mass is 177 g/mol. The zero-order valence-corrected chi connectivity index (χ0v) is 7.11. The Morgan fingerprint density at radius 3 is 2.69 bits per heavy atom. The van der Waals surface area contributed by atoms with E-state index in [4.69, 9.17) is 0 Å². The summed E-state index contributed by atoms with van der Waals surface area (Å²) < 4.78 is 14.2. The summed E-state index contributed by atoms with van der Waals surface area (Å²) in [7, 11) is 1.83. The van der Waals surface area contributed by atoms with Crippen LogP contribution in [-0.2, 0) is 7.05 Å². The van der Waals surface area contributed by atoms with Crippen LogP contribution < -0.4 is 0 Å². The van der Waals surface area contributed by atoms with Gasteiger partial charge in [0.1, 0.15) is 0 Å². The zero-order chi connectivity index (χ0) is 9.26. The van der Waals surface area contributed by atoms with Crippen molar-refractivity contribution < 1.29 is 4.39 Å². The number of aromatic nitrogens is 3. The molecule has 2 aromatic rings. The molecule has 0 aliphatic heterocycles. The van der Waals surface area contributed by atoms with Crippen molar-refractivity contribution in [3.63, 3.8) is 0 Å². The second kappa shape index (κ2) is 2.97. The Hall–Kier alpha value is -1.71. The predicted molar refractivity (Wildman–Crippen MR) is 46.4 cm³/mol. The van der Waals surface area contributed by atoms with E-state index in [2.05, 4.69) is 10.1 Å². The van der Waals surface area contributed by atoms with Crippen molar-refractivity contribution in [2.75, 3.05) is 0 Å². The molecule has 0 bridgehead atoms. The molecular formula is C9H8FN3. The Morgan fingerprint density at radius 1 is 1.31 bits per heavy atom. The van der Waals surface area contributed by atoms with Crippen molar-refractivity contribution in [1.82, 2.24) is 14.8 Å². The van der Waals surface area contributed by atoms with E-state index in [1.54, 1.807) is 10.7 Å². The van der Waals surface area contributed by atoms with E-state index in [-0.39, 0.29) is 0 Å². The van der Waals surface area contributed by atoms with E-state index in [9.17, 15) is 4.39 Å². The smallest absolute Gasteiger partial charge is 0.212 e. The number of rotatable bonds is 1. The van der Waals surface area contributed by atoms with Crippen LogP contribution in [0.2, 0.25) is 0 Å². The van der Waals surface area contributed by atoms with Crippen LogP contribution in [0.5, 0.6) is 0 Å². The molecule has 2 aromatic heterocycles. The molecule has 0 amide bonds. The lowest BCUT2D eigenvalue weighted by Gasteiger charge is -1.94. The number of hydrogen-bond acceptors (Lipinski definition) is 2. The van der Waals surface area contributed by atoms with Crippen LogP contribution in [0.15, 0.2) is 30.6 Å². The summed E-state index contributed by atoms with van der Waals surface area (Å²) in [4.78, 5) is 3.55. The summed E-state index contributed by atoms with van der Waals surface area (Å²) in [5.41, 5.74) is 1.62. The van der Waals surface area contributed by atoms with Gasteiger partial charge in [-0.15, -0.1) is 0 Å². The summed E-state index contributed by atoms with van der Waals surface area (Å²) in [5, 5.41) is 4.16. The molecule has 0 unspecified atom stereocenters. The molecule has 0 aromatic carbocycles. The maximum atomic E-state index is 12.5. The highest BCUT2D eigenvalue weighted by Gasteiger charge is 2.00. The van der Waals surface area contributed by atoms with Gasteiger partial charge < -0.3 is 0 Å². The minimum atomic E-state index is -0.473. The molecule has 0 aliphatic rings. The van der Waals surface area contributed by atoms with Gasteiger partial charge in [0.15, 0.2) is 0 Å². The van der Waals surface area contributed by atoms with Crippen molar-refractivity contribution in [3.05, 3.63) is 36.5 Å². The van der Waals surface area contributed by atoms with Crippen LogP contribution in [0.4, 0.5) is 4.39 Å². The van der Waals surface area contributed by atoms with Gasteiger partial charge in [0.25, 0.3) is 0 Å². The molecule has 0 atom stereocenters. The van der Waals surface area contributed by atoms with E-state index in [0.29, 0.717) is 0 Å². The van der Waals surface area contributed by atoms with E-state index in [1.165, 1.54) is 12.3 Å².